The number of anilines is 2. The van der Waals surface area contributed by atoms with Crippen molar-refractivity contribution in [2.45, 2.75) is 31.7 Å². The van der Waals surface area contributed by atoms with Gasteiger partial charge in [-0.05, 0) is 43.9 Å². The molecule has 2 amide bonds. The third-order valence-electron chi connectivity index (χ3n) is 4.84. The predicted octanol–water partition coefficient (Wildman–Crippen LogP) is 1.79. The number of methoxy groups -OCH3 is 1. The van der Waals surface area contributed by atoms with Crippen LogP contribution in [-0.2, 0) is 9.53 Å². The van der Waals surface area contributed by atoms with Crippen molar-refractivity contribution in [3.63, 3.8) is 0 Å². The third kappa shape index (κ3) is 3.11. The fourth-order valence-corrected chi connectivity index (χ4v) is 3.52. The number of likely N-dealkylation sites (N-methyl/N-ethyl adjacent to an activating group) is 1. The van der Waals surface area contributed by atoms with E-state index in [0.29, 0.717) is 18.7 Å². The van der Waals surface area contributed by atoms with Crippen LogP contribution in [0.25, 0.3) is 0 Å². The normalized spacial score (nSPS) is 19.8. The van der Waals surface area contributed by atoms with Gasteiger partial charge in [0.15, 0.2) is 0 Å². The summed E-state index contributed by atoms with van der Waals surface area (Å²) in [6.07, 6.45) is 3.89. The Balaban J connectivity index is 1.80. The zero-order valence-electron chi connectivity index (χ0n) is 14.4. The highest BCUT2D eigenvalue weighted by molar-refractivity contribution is 6.07. The van der Waals surface area contributed by atoms with E-state index in [1.807, 2.05) is 18.2 Å². The van der Waals surface area contributed by atoms with Crippen molar-refractivity contribution in [3.8, 4) is 0 Å². The van der Waals surface area contributed by atoms with Crippen molar-refractivity contribution >= 4 is 23.2 Å². The van der Waals surface area contributed by atoms with Gasteiger partial charge in [0.2, 0.25) is 5.91 Å². The van der Waals surface area contributed by atoms with Gasteiger partial charge in [-0.2, -0.15) is 0 Å². The summed E-state index contributed by atoms with van der Waals surface area (Å²) in [6.45, 7) is 2.10. The first-order valence-corrected chi connectivity index (χ1v) is 8.59. The molecule has 1 N–H and O–H groups in total. The van der Waals surface area contributed by atoms with E-state index in [4.69, 9.17) is 4.74 Å². The van der Waals surface area contributed by atoms with Crippen molar-refractivity contribution in [2.24, 2.45) is 0 Å². The fourth-order valence-electron chi connectivity index (χ4n) is 3.52. The Morgan fingerprint density at radius 3 is 2.96 bits per heavy atom. The Hall–Kier alpha value is -2.08. The molecule has 1 saturated heterocycles. The molecule has 0 aliphatic carbocycles. The summed E-state index contributed by atoms with van der Waals surface area (Å²) >= 11 is 0. The summed E-state index contributed by atoms with van der Waals surface area (Å²) in [5.74, 6) is 0.00960. The summed E-state index contributed by atoms with van der Waals surface area (Å²) in [6, 6.07) is 5.59. The number of nitrogens with one attached hydrogen (secondary N) is 1. The maximum atomic E-state index is 12.6. The molecule has 6 heteroatoms. The van der Waals surface area contributed by atoms with Crippen LogP contribution in [0.2, 0.25) is 0 Å². The molecule has 0 saturated carbocycles. The second-order valence-electron chi connectivity index (χ2n) is 6.41. The SMILES string of the molecule is COCCCNC(=O)c1ccc2c(c1)N(C)C(=O)[C@@H]1CCCCN21. The Morgan fingerprint density at radius 2 is 2.17 bits per heavy atom. The predicted molar refractivity (Wildman–Crippen MR) is 93.7 cm³/mol. The Kier molecular flexibility index (Phi) is 5.04. The first kappa shape index (κ1) is 16.8. The van der Waals surface area contributed by atoms with Crippen molar-refractivity contribution < 1.29 is 14.3 Å². The molecule has 2 heterocycles. The van der Waals surface area contributed by atoms with Crippen LogP contribution in [0.5, 0.6) is 0 Å². The molecule has 1 atom stereocenters. The number of carbonyl (C=O) groups is 2. The minimum atomic E-state index is -0.115. The first-order chi connectivity index (χ1) is 11.6. The van der Waals surface area contributed by atoms with Gasteiger partial charge >= 0.3 is 0 Å². The third-order valence-corrected chi connectivity index (χ3v) is 4.84. The highest BCUT2D eigenvalue weighted by Gasteiger charge is 2.37. The van der Waals surface area contributed by atoms with E-state index in [0.717, 1.165) is 43.6 Å². The quantitative estimate of drug-likeness (QED) is 0.836. The lowest BCUT2D eigenvalue weighted by Crippen LogP contribution is -2.54. The van der Waals surface area contributed by atoms with Crippen LogP contribution in [0.1, 0.15) is 36.0 Å². The number of nitrogens with zero attached hydrogens (tertiary/aromatic N) is 2. The van der Waals surface area contributed by atoms with Crippen LogP contribution in [0.15, 0.2) is 18.2 Å². The van der Waals surface area contributed by atoms with Crippen molar-refractivity contribution in [2.75, 3.05) is 43.7 Å². The number of benzene rings is 1. The van der Waals surface area contributed by atoms with Gasteiger partial charge in [0, 0.05) is 39.4 Å². The van der Waals surface area contributed by atoms with Crippen LogP contribution >= 0.6 is 0 Å². The summed E-state index contributed by atoms with van der Waals surface area (Å²) in [5, 5.41) is 2.89. The highest BCUT2D eigenvalue weighted by Crippen LogP contribution is 2.39. The molecule has 0 radical (unpaired) electrons. The van der Waals surface area contributed by atoms with Crippen molar-refractivity contribution in [1.29, 1.82) is 0 Å². The van der Waals surface area contributed by atoms with Gasteiger partial charge in [0.25, 0.3) is 5.91 Å². The molecular formula is C18H25N3O3. The number of fused-ring (bicyclic) bond motifs is 3. The molecule has 0 unspecified atom stereocenters. The molecule has 1 fully saturated rings. The van der Waals surface area contributed by atoms with Crippen LogP contribution in [0.4, 0.5) is 11.4 Å². The van der Waals surface area contributed by atoms with E-state index < -0.39 is 0 Å². The molecule has 1 aromatic carbocycles. The summed E-state index contributed by atoms with van der Waals surface area (Å²) in [7, 11) is 3.44. The minimum absolute atomic E-state index is 0.0510. The number of amides is 2. The van der Waals surface area contributed by atoms with Crippen LogP contribution < -0.4 is 15.1 Å². The average molecular weight is 331 g/mol. The number of hydrogen-bond donors (Lipinski definition) is 1. The highest BCUT2D eigenvalue weighted by atomic mass is 16.5. The van der Waals surface area contributed by atoms with Gasteiger partial charge in [-0.15, -0.1) is 0 Å². The Bertz CT molecular complexity index is 632. The number of piperidine rings is 1. The molecule has 0 spiro atoms. The maximum Gasteiger partial charge on any atom is 0.251 e. The summed E-state index contributed by atoms with van der Waals surface area (Å²) in [5.41, 5.74) is 2.46. The Morgan fingerprint density at radius 1 is 1.33 bits per heavy atom. The van der Waals surface area contributed by atoms with Crippen LogP contribution in [0.3, 0.4) is 0 Å². The van der Waals surface area contributed by atoms with E-state index in [1.165, 1.54) is 0 Å². The van der Waals surface area contributed by atoms with E-state index in [-0.39, 0.29) is 17.9 Å². The number of ether oxygens (including phenoxy) is 1. The fraction of sp³-hybridized carbons (Fsp3) is 0.556. The second-order valence-corrected chi connectivity index (χ2v) is 6.41. The molecule has 3 rings (SSSR count). The van der Waals surface area contributed by atoms with Gasteiger partial charge in [-0.25, -0.2) is 0 Å². The lowest BCUT2D eigenvalue weighted by atomic mass is 9.96. The molecule has 2 aliphatic heterocycles. The molecule has 6 nitrogen and oxygen atoms in total. The molecule has 24 heavy (non-hydrogen) atoms. The zero-order chi connectivity index (χ0) is 17.1. The van der Waals surface area contributed by atoms with Crippen LogP contribution in [0, 0.1) is 0 Å². The molecular weight excluding hydrogens is 306 g/mol. The molecule has 130 valence electrons. The number of hydrogen-bond acceptors (Lipinski definition) is 4. The van der Waals surface area contributed by atoms with Gasteiger partial charge in [-0.1, -0.05) is 0 Å². The van der Waals surface area contributed by atoms with E-state index >= 15 is 0 Å². The van der Waals surface area contributed by atoms with Crippen LogP contribution in [-0.4, -0.2) is 51.7 Å². The second kappa shape index (κ2) is 7.21. The number of rotatable bonds is 5. The molecule has 2 aliphatic rings. The monoisotopic (exact) mass is 331 g/mol. The van der Waals surface area contributed by atoms with Crippen molar-refractivity contribution in [3.05, 3.63) is 23.8 Å². The van der Waals surface area contributed by atoms with Gasteiger partial charge in [0.1, 0.15) is 6.04 Å². The maximum absolute atomic E-state index is 12.6. The first-order valence-electron chi connectivity index (χ1n) is 8.59. The summed E-state index contributed by atoms with van der Waals surface area (Å²) in [4.78, 5) is 28.8. The van der Waals surface area contributed by atoms with Gasteiger partial charge in [-0.3, -0.25) is 9.59 Å². The minimum Gasteiger partial charge on any atom is -0.385 e. The van der Waals surface area contributed by atoms with Gasteiger partial charge in [0.05, 0.1) is 11.4 Å². The van der Waals surface area contributed by atoms with E-state index in [2.05, 4.69) is 10.2 Å². The Labute approximate surface area is 142 Å². The molecule has 1 aromatic rings. The summed E-state index contributed by atoms with van der Waals surface area (Å²) < 4.78 is 4.98. The van der Waals surface area contributed by atoms with Crippen molar-refractivity contribution in [1.82, 2.24) is 5.32 Å². The largest absolute Gasteiger partial charge is 0.385 e. The van der Waals surface area contributed by atoms with E-state index in [1.54, 1.807) is 19.1 Å². The molecule has 0 bridgehead atoms. The topological polar surface area (TPSA) is 61.9 Å². The zero-order valence-corrected chi connectivity index (χ0v) is 14.4. The lowest BCUT2D eigenvalue weighted by molar-refractivity contribution is -0.120. The standard InChI is InChI=1S/C18H25N3O3/c1-20-16-12-13(17(22)19-9-5-11-24-2)7-8-14(16)21-10-4-3-6-15(21)18(20)23/h7-8,12,15H,3-6,9-11H2,1-2H3,(H,19,22)/t15-/m0/s1. The smallest absolute Gasteiger partial charge is 0.251 e. The van der Waals surface area contributed by atoms with E-state index in [9.17, 15) is 9.59 Å². The van der Waals surface area contributed by atoms with Gasteiger partial charge < -0.3 is 19.9 Å². The average Bonchev–Trinajstić information content (AvgIpc) is 2.62. The molecule has 0 aromatic heterocycles. The number of carbonyl (C=O) groups excluding carboxylic acids is 2. The lowest BCUT2D eigenvalue weighted by Gasteiger charge is -2.44.